The minimum absolute atomic E-state index is 0.761. The lowest BCUT2D eigenvalue weighted by molar-refractivity contribution is 0.328. The monoisotopic (exact) mass is 244 g/mol. The number of rotatable bonds is 5. The minimum atomic E-state index is 0.761. The van der Waals surface area contributed by atoms with Crippen molar-refractivity contribution in [2.75, 3.05) is 19.0 Å². The predicted octanol–water partition coefficient (Wildman–Crippen LogP) is 2.36. The van der Waals surface area contributed by atoms with Gasteiger partial charge in [-0.25, -0.2) is 10.8 Å². The molecule has 0 aliphatic carbocycles. The topological polar surface area (TPSA) is 54.2 Å². The number of hydrogen-bond acceptors (Lipinski definition) is 4. The van der Waals surface area contributed by atoms with Crippen LogP contribution in [0.25, 0.3) is 10.9 Å². The largest absolute Gasteiger partial charge is 0.308 e. The molecule has 96 valence electrons. The second-order valence-electron chi connectivity index (χ2n) is 4.57. The van der Waals surface area contributed by atoms with Crippen LogP contribution in [0.2, 0.25) is 0 Å². The SMILES string of the molecule is CCCN(C)Cc1cc2ccccc2nc1NN. The van der Waals surface area contributed by atoms with Gasteiger partial charge >= 0.3 is 0 Å². The van der Waals surface area contributed by atoms with E-state index in [1.54, 1.807) is 0 Å². The van der Waals surface area contributed by atoms with E-state index in [0.29, 0.717) is 0 Å². The fourth-order valence-electron chi connectivity index (χ4n) is 2.16. The van der Waals surface area contributed by atoms with Gasteiger partial charge in [-0.1, -0.05) is 25.1 Å². The molecule has 0 fully saturated rings. The highest BCUT2D eigenvalue weighted by molar-refractivity contribution is 5.81. The van der Waals surface area contributed by atoms with E-state index in [2.05, 4.69) is 41.4 Å². The number of anilines is 1. The summed E-state index contributed by atoms with van der Waals surface area (Å²) in [5, 5.41) is 1.15. The van der Waals surface area contributed by atoms with Crippen molar-refractivity contribution in [1.82, 2.24) is 9.88 Å². The highest BCUT2D eigenvalue weighted by atomic mass is 15.3. The molecule has 4 nitrogen and oxygen atoms in total. The highest BCUT2D eigenvalue weighted by Gasteiger charge is 2.08. The summed E-state index contributed by atoms with van der Waals surface area (Å²) in [6.07, 6.45) is 1.14. The number of benzene rings is 1. The summed E-state index contributed by atoms with van der Waals surface area (Å²) >= 11 is 0. The van der Waals surface area contributed by atoms with Crippen molar-refractivity contribution < 1.29 is 0 Å². The molecule has 0 radical (unpaired) electrons. The molecule has 2 rings (SSSR count). The lowest BCUT2D eigenvalue weighted by Gasteiger charge is -2.17. The van der Waals surface area contributed by atoms with Gasteiger partial charge in [0, 0.05) is 17.5 Å². The number of nitrogens with two attached hydrogens (primary N) is 1. The molecule has 1 heterocycles. The summed E-state index contributed by atoms with van der Waals surface area (Å²) < 4.78 is 0. The maximum atomic E-state index is 5.56. The molecule has 0 saturated carbocycles. The Bertz CT molecular complexity index is 524. The Morgan fingerprint density at radius 1 is 1.33 bits per heavy atom. The van der Waals surface area contributed by atoms with Gasteiger partial charge in [0.05, 0.1) is 5.52 Å². The van der Waals surface area contributed by atoms with Gasteiger partial charge in [-0.2, -0.15) is 0 Å². The second kappa shape index (κ2) is 5.80. The van der Waals surface area contributed by atoms with Gasteiger partial charge in [0.15, 0.2) is 0 Å². The van der Waals surface area contributed by atoms with Crippen LogP contribution in [0.3, 0.4) is 0 Å². The van der Waals surface area contributed by atoms with Crippen LogP contribution in [-0.4, -0.2) is 23.5 Å². The zero-order valence-electron chi connectivity index (χ0n) is 11.0. The van der Waals surface area contributed by atoms with Crippen LogP contribution in [0.4, 0.5) is 5.82 Å². The molecule has 0 saturated heterocycles. The maximum absolute atomic E-state index is 5.56. The number of nitrogens with zero attached hydrogens (tertiary/aromatic N) is 2. The highest BCUT2D eigenvalue weighted by Crippen LogP contribution is 2.20. The van der Waals surface area contributed by atoms with Gasteiger partial charge in [0.25, 0.3) is 0 Å². The van der Waals surface area contributed by atoms with Gasteiger partial charge in [-0.3, -0.25) is 0 Å². The Hall–Kier alpha value is -1.65. The summed E-state index contributed by atoms with van der Waals surface area (Å²) in [6, 6.07) is 10.2. The first kappa shape index (κ1) is 12.8. The summed E-state index contributed by atoms with van der Waals surface area (Å²) in [6.45, 7) is 4.10. The number of hydrogen-bond donors (Lipinski definition) is 2. The van der Waals surface area contributed by atoms with Crippen LogP contribution in [0.1, 0.15) is 18.9 Å². The number of para-hydroxylation sites is 1. The number of nitrogens with one attached hydrogen (secondary N) is 1. The first-order valence-corrected chi connectivity index (χ1v) is 6.28. The number of aromatic nitrogens is 1. The third-order valence-electron chi connectivity index (χ3n) is 2.99. The van der Waals surface area contributed by atoms with Crippen molar-refractivity contribution in [2.45, 2.75) is 19.9 Å². The van der Waals surface area contributed by atoms with Gasteiger partial charge in [0.1, 0.15) is 5.82 Å². The normalized spacial score (nSPS) is 11.1. The molecule has 0 bridgehead atoms. The third-order valence-corrected chi connectivity index (χ3v) is 2.99. The van der Waals surface area contributed by atoms with Crippen LogP contribution in [-0.2, 0) is 6.54 Å². The van der Waals surface area contributed by atoms with Gasteiger partial charge in [-0.15, -0.1) is 0 Å². The number of pyridine rings is 1. The van der Waals surface area contributed by atoms with Crippen molar-refractivity contribution in [3.8, 4) is 0 Å². The predicted molar refractivity (Wildman–Crippen MR) is 76.2 cm³/mol. The van der Waals surface area contributed by atoms with Crippen LogP contribution in [0.15, 0.2) is 30.3 Å². The Morgan fingerprint density at radius 2 is 2.11 bits per heavy atom. The fourth-order valence-corrected chi connectivity index (χ4v) is 2.16. The van der Waals surface area contributed by atoms with Gasteiger partial charge in [-0.05, 0) is 32.1 Å². The van der Waals surface area contributed by atoms with E-state index in [4.69, 9.17) is 5.84 Å². The minimum Gasteiger partial charge on any atom is -0.308 e. The lowest BCUT2D eigenvalue weighted by atomic mass is 10.1. The fraction of sp³-hybridized carbons (Fsp3) is 0.357. The smallest absolute Gasteiger partial charge is 0.145 e. The van der Waals surface area contributed by atoms with E-state index < -0.39 is 0 Å². The molecule has 0 atom stereocenters. The van der Waals surface area contributed by atoms with E-state index >= 15 is 0 Å². The van der Waals surface area contributed by atoms with Crippen LogP contribution in [0, 0.1) is 0 Å². The molecule has 2 aromatic rings. The van der Waals surface area contributed by atoms with Crippen molar-refractivity contribution in [2.24, 2.45) is 5.84 Å². The van der Waals surface area contributed by atoms with Gasteiger partial charge in [0.2, 0.25) is 0 Å². The first-order valence-electron chi connectivity index (χ1n) is 6.28. The molecule has 0 spiro atoms. The van der Waals surface area contributed by atoms with E-state index in [1.165, 1.54) is 0 Å². The van der Waals surface area contributed by atoms with Crippen molar-refractivity contribution in [3.63, 3.8) is 0 Å². The number of fused-ring (bicyclic) bond motifs is 1. The van der Waals surface area contributed by atoms with Crippen molar-refractivity contribution >= 4 is 16.7 Å². The summed E-state index contributed by atoms with van der Waals surface area (Å²) in [4.78, 5) is 6.81. The molecule has 0 aliphatic rings. The zero-order valence-corrected chi connectivity index (χ0v) is 11.0. The molecular weight excluding hydrogens is 224 g/mol. The lowest BCUT2D eigenvalue weighted by Crippen LogP contribution is -2.21. The average Bonchev–Trinajstić information content (AvgIpc) is 2.38. The molecule has 1 aromatic carbocycles. The standard InChI is InChI=1S/C14H20N4/c1-3-8-18(2)10-12-9-11-6-4-5-7-13(11)16-14(12)17-15/h4-7,9H,3,8,10,15H2,1-2H3,(H,16,17). The Morgan fingerprint density at radius 3 is 2.83 bits per heavy atom. The molecule has 1 aromatic heterocycles. The Balaban J connectivity index is 2.35. The molecule has 0 aliphatic heterocycles. The zero-order chi connectivity index (χ0) is 13.0. The first-order chi connectivity index (χ1) is 8.74. The van der Waals surface area contributed by atoms with Crippen molar-refractivity contribution in [3.05, 3.63) is 35.9 Å². The van der Waals surface area contributed by atoms with E-state index in [-0.39, 0.29) is 0 Å². The molecule has 0 unspecified atom stereocenters. The Kier molecular flexibility index (Phi) is 4.12. The van der Waals surface area contributed by atoms with E-state index in [9.17, 15) is 0 Å². The maximum Gasteiger partial charge on any atom is 0.145 e. The van der Waals surface area contributed by atoms with Crippen LogP contribution in [0.5, 0.6) is 0 Å². The average molecular weight is 244 g/mol. The third kappa shape index (κ3) is 2.78. The number of hydrazine groups is 1. The van der Waals surface area contributed by atoms with Crippen LogP contribution < -0.4 is 11.3 Å². The summed E-state index contributed by atoms with van der Waals surface area (Å²) in [7, 11) is 2.11. The van der Waals surface area contributed by atoms with Gasteiger partial charge < -0.3 is 10.3 Å². The van der Waals surface area contributed by atoms with E-state index in [0.717, 1.165) is 41.8 Å². The molecule has 0 amide bonds. The quantitative estimate of drug-likeness (QED) is 0.626. The molecular formula is C14H20N4. The molecule has 18 heavy (non-hydrogen) atoms. The van der Waals surface area contributed by atoms with E-state index in [1.807, 2.05) is 18.2 Å². The molecule has 4 heteroatoms. The van der Waals surface area contributed by atoms with Crippen molar-refractivity contribution in [1.29, 1.82) is 0 Å². The summed E-state index contributed by atoms with van der Waals surface area (Å²) in [5.74, 6) is 6.32. The number of nitrogen functional groups attached to an aromatic ring is 1. The second-order valence-corrected chi connectivity index (χ2v) is 4.57. The molecule has 3 N–H and O–H groups in total. The Labute approximate surface area is 108 Å². The summed E-state index contributed by atoms with van der Waals surface area (Å²) in [5.41, 5.74) is 4.79. The van der Waals surface area contributed by atoms with Crippen LogP contribution >= 0.6 is 0 Å².